The zero-order valence-electron chi connectivity index (χ0n) is 27.8. The molecule has 0 bridgehead atoms. The number of amides is 7. The van der Waals surface area contributed by atoms with Crippen LogP contribution in [0.2, 0.25) is 0 Å². The van der Waals surface area contributed by atoms with Crippen molar-refractivity contribution in [2.45, 2.75) is 70.7 Å². The van der Waals surface area contributed by atoms with E-state index in [1.165, 1.54) is 33.1 Å². The lowest BCUT2D eigenvalue weighted by atomic mass is 10.1. The van der Waals surface area contributed by atoms with Crippen LogP contribution in [0.1, 0.15) is 51.5 Å². The van der Waals surface area contributed by atoms with E-state index >= 15 is 0 Å². The van der Waals surface area contributed by atoms with Crippen LogP contribution in [0.4, 0.5) is 5.69 Å². The highest BCUT2D eigenvalue weighted by Gasteiger charge is 2.27. The lowest BCUT2D eigenvalue weighted by molar-refractivity contribution is -0.145. The molecule has 2 rings (SSSR count). The molecule has 0 spiro atoms. The zero-order valence-corrected chi connectivity index (χ0v) is 27.8. The Morgan fingerprint density at radius 3 is 2.08 bits per heavy atom. The lowest BCUT2D eigenvalue weighted by Crippen LogP contribution is -2.55. The number of carbonyl (C=O) groups is 8. The number of benzene rings is 1. The van der Waals surface area contributed by atoms with Gasteiger partial charge in [0.15, 0.2) is 0 Å². The van der Waals surface area contributed by atoms with Gasteiger partial charge in [-0.25, -0.2) is 0 Å². The van der Waals surface area contributed by atoms with Crippen LogP contribution in [0, 0.1) is 0 Å². The molecule has 0 aliphatic carbocycles. The first kappa shape index (κ1) is 40.0. The average molecular weight is 689 g/mol. The molecule has 0 saturated carbocycles. The van der Waals surface area contributed by atoms with E-state index in [-0.39, 0.29) is 38.1 Å². The number of carbonyl (C=O) groups excluding carboxylic acids is 8. The Morgan fingerprint density at radius 2 is 1.45 bits per heavy atom. The molecule has 0 aromatic heterocycles. The Labute approximate surface area is 283 Å². The van der Waals surface area contributed by atoms with E-state index in [9.17, 15) is 38.4 Å². The van der Waals surface area contributed by atoms with E-state index in [0.717, 1.165) is 4.90 Å². The number of nitrogens with two attached hydrogens (primary N) is 1. The quantitative estimate of drug-likeness (QED) is 0.0573. The molecular formula is C32H44N6O11. The summed E-state index contributed by atoms with van der Waals surface area (Å²) in [6.07, 6.45) is 3.85. The molecule has 1 aliphatic rings. The number of esters is 1. The minimum absolute atomic E-state index is 0.00998. The summed E-state index contributed by atoms with van der Waals surface area (Å²) in [7, 11) is 1.48. The topological polar surface area (TPSA) is 242 Å². The van der Waals surface area contributed by atoms with Crippen LogP contribution in [0.3, 0.4) is 0 Å². The molecule has 0 radical (unpaired) electrons. The van der Waals surface area contributed by atoms with Crippen molar-refractivity contribution in [3.8, 4) is 0 Å². The largest absolute Gasteiger partial charge is 0.461 e. The molecule has 3 atom stereocenters. The van der Waals surface area contributed by atoms with E-state index in [1.807, 2.05) is 0 Å². The molecule has 1 heterocycles. The summed E-state index contributed by atoms with van der Waals surface area (Å²) in [6, 6.07) is 2.82. The molecule has 1 aliphatic heterocycles. The van der Waals surface area contributed by atoms with Crippen molar-refractivity contribution in [1.82, 2.24) is 20.9 Å². The van der Waals surface area contributed by atoms with Crippen molar-refractivity contribution in [2.75, 3.05) is 38.8 Å². The number of hydrogen-bond acceptors (Lipinski definition) is 11. The van der Waals surface area contributed by atoms with Crippen molar-refractivity contribution in [3.05, 3.63) is 42.0 Å². The van der Waals surface area contributed by atoms with Crippen LogP contribution >= 0.6 is 0 Å². The normalized spacial score (nSPS) is 14.1. The molecule has 7 amide bonds. The summed E-state index contributed by atoms with van der Waals surface area (Å²) in [5.41, 5.74) is 6.25. The molecule has 0 saturated heterocycles. The first-order chi connectivity index (χ1) is 23.3. The van der Waals surface area contributed by atoms with Crippen molar-refractivity contribution < 1.29 is 52.6 Å². The van der Waals surface area contributed by atoms with E-state index in [0.29, 0.717) is 43.7 Å². The third-order valence-electron chi connectivity index (χ3n) is 7.01. The molecule has 6 N–H and O–H groups in total. The summed E-state index contributed by atoms with van der Waals surface area (Å²) < 4.78 is 15.2. The van der Waals surface area contributed by atoms with Gasteiger partial charge in [-0.2, -0.15) is 0 Å². The van der Waals surface area contributed by atoms with Gasteiger partial charge in [0.2, 0.25) is 29.5 Å². The number of anilines is 1. The molecule has 0 fully saturated rings. The van der Waals surface area contributed by atoms with Crippen LogP contribution < -0.4 is 27.0 Å². The van der Waals surface area contributed by atoms with Gasteiger partial charge in [0.25, 0.3) is 11.8 Å². The van der Waals surface area contributed by atoms with Gasteiger partial charge < -0.3 is 41.2 Å². The van der Waals surface area contributed by atoms with Crippen LogP contribution in [-0.2, 0) is 59.2 Å². The summed E-state index contributed by atoms with van der Waals surface area (Å²) in [5, 5.41) is 9.85. The van der Waals surface area contributed by atoms with Gasteiger partial charge in [0.05, 0.1) is 19.6 Å². The number of unbranched alkanes of at least 4 members (excludes halogenated alkanes) is 2. The van der Waals surface area contributed by atoms with Gasteiger partial charge in [0, 0.05) is 37.9 Å². The fourth-order valence-corrected chi connectivity index (χ4v) is 4.28. The number of ether oxygens (including phenoxy) is 3. The lowest BCUT2D eigenvalue weighted by Gasteiger charge is -2.22. The maximum atomic E-state index is 12.9. The monoisotopic (exact) mass is 688 g/mol. The predicted molar refractivity (Wildman–Crippen MR) is 173 cm³/mol. The molecular weight excluding hydrogens is 644 g/mol. The van der Waals surface area contributed by atoms with Crippen LogP contribution in [0.15, 0.2) is 36.4 Å². The Hall–Kier alpha value is -5.16. The number of rotatable bonds is 22. The molecule has 268 valence electrons. The number of imide groups is 1. The number of methoxy groups -OCH3 is 1. The second-order valence-corrected chi connectivity index (χ2v) is 11.1. The Balaban J connectivity index is 1.77. The third kappa shape index (κ3) is 15.1. The van der Waals surface area contributed by atoms with Crippen molar-refractivity contribution in [3.63, 3.8) is 0 Å². The van der Waals surface area contributed by atoms with Crippen molar-refractivity contribution in [1.29, 1.82) is 0 Å². The second-order valence-electron chi connectivity index (χ2n) is 11.1. The van der Waals surface area contributed by atoms with Crippen LogP contribution in [0.25, 0.3) is 0 Å². The first-order valence-electron chi connectivity index (χ1n) is 15.6. The predicted octanol–water partition coefficient (Wildman–Crippen LogP) is -0.814. The maximum Gasteiger partial charge on any atom is 0.306 e. The number of nitrogens with zero attached hydrogens (tertiary/aromatic N) is 1. The van der Waals surface area contributed by atoms with Gasteiger partial charge in [-0.15, -0.1) is 0 Å². The molecule has 3 unspecified atom stereocenters. The highest BCUT2D eigenvalue weighted by Crippen LogP contribution is 2.13. The van der Waals surface area contributed by atoms with Gasteiger partial charge in [0.1, 0.15) is 31.3 Å². The summed E-state index contributed by atoms with van der Waals surface area (Å²) in [5.74, 6) is -4.67. The Bertz CT molecular complexity index is 1360. The number of hydrogen-bond donors (Lipinski definition) is 5. The van der Waals surface area contributed by atoms with Gasteiger partial charge in [-0.3, -0.25) is 43.3 Å². The Kier molecular flexibility index (Phi) is 17.1. The summed E-state index contributed by atoms with van der Waals surface area (Å²) >= 11 is 0. The fraction of sp³-hybridized carbons (Fsp3) is 0.500. The van der Waals surface area contributed by atoms with Crippen LogP contribution in [0.5, 0.6) is 0 Å². The molecule has 1 aromatic carbocycles. The molecule has 1 aromatic rings. The molecule has 49 heavy (non-hydrogen) atoms. The van der Waals surface area contributed by atoms with Crippen LogP contribution in [-0.4, -0.2) is 104 Å². The minimum Gasteiger partial charge on any atom is -0.461 e. The number of primary amides is 1. The second kappa shape index (κ2) is 20.9. The smallest absolute Gasteiger partial charge is 0.306 e. The van der Waals surface area contributed by atoms with E-state index < -0.39 is 60.1 Å². The molecule has 17 heteroatoms. The average Bonchev–Trinajstić information content (AvgIpc) is 3.37. The first-order valence-corrected chi connectivity index (χ1v) is 15.6. The van der Waals surface area contributed by atoms with Crippen molar-refractivity contribution >= 4 is 53.0 Å². The van der Waals surface area contributed by atoms with E-state index in [2.05, 4.69) is 21.3 Å². The van der Waals surface area contributed by atoms with Gasteiger partial charge in [-0.05, 0) is 44.4 Å². The van der Waals surface area contributed by atoms with Gasteiger partial charge >= 0.3 is 5.97 Å². The molecule has 17 nitrogen and oxygen atoms in total. The highest BCUT2D eigenvalue weighted by atomic mass is 16.5. The highest BCUT2D eigenvalue weighted by molar-refractivity contribution is 6.12. The summed E-state index contributed by atoms with van der Waals surface area (Å²) in [4.78, 5) is 98.1. The maximum absolute atomic E-state index is 12.9. The zero-order chi connectivity index (χ0) is 36.3. The summed E-state index contributed by atoms with van der Waals surface area (Å²) in [6.45, 7) is 3.28. The standard InChI is InChI=1S/C32H44N6O11/c1-20(34-26(40)19-48-16-15-47-3)30(44)35-21(2)31(45)37-24(17-25(33)39)32(46)36-23-10-8-22(9-11-23)18-49-29(43)7-5-4-6-14-38-27(41)12-13-28(38)42/h8-13,20-21,24H,4-7,14-19H2,1-3H3,(H2,33,39)(H,34,40)(H,35,44)(H,36,46)(H,37,45). The van der Waals surface area contributed by atoms with Gasteiger partial charge in [-0.1, -0.05) is 18.6 Å². The van der Waals surface area contributed by atoms with E-state index in [1.54, 1.807) is 24.3 Å². The SMILES string of the molecule is COCCOCC(=O)NC(C)C(=O)NC(C)C(=O)NC(CC(N)=O)C(=O)Nc1ccc(COC(=O)CCCCCN2C(=O)C=CC2=O)cc1. The minimum atomic E-state index is -1.36. The third-order valence-corrected chi connectivity index (χ3v) is 7.01. The Morgan fingerprint density at radius 1 is 0.816 bits per heavy atom. The number of nitrogens with one attached hydrogen (secondary N) is 4. The van der Waals surface area contributed by atoms with Crippen molar-refractivity contribution in [2.24, 2.45) is 5.73 Å². The fourth-order valence-electron chi connectivity index (χ4n) is 4.28. The van der Waals surface area contributed by atoms with E-state index in [4.69, 9.17) is 19.9 Å².